The molecule has 0 aromatic heterocycles. The highest BCUT2D eigenvalue weighted by atomic mass is 19.1. The van der Waals surface area contributed by atoms with E-state index in [9.17, 15) is 14.0 Å². The Morgan fingerprint density at radius 2 is 1.78 bits per heavy atom. The van der Waals surface area contributed by atoms with E-state index in [0.717, 1.165) is 17.7 Å². The number of nitrogens with zero attached hydrogens (tertiary/aromatic N) is 2. The average molecular weight is 439 g/mol. The standard InChI is InChI=1S/C24H26FN3O4/c25-19-3-1-4-20(16-19)26-23(29)17-27-9-11-28(12-10-27)24(30)8-6-18-5-7-21-22(15-18)32-14-2-13-31-21/h1,3-8,15-16H,2,9-14,17H2,(H,26,29). The van der Waals surface area contributed by atoms with Crippen molar-refractivity contribution in [3.05, 3.63) is 59.9 Å². The molecule has 2 aromatic carbocycles. The van der Waals surface area contributed by atoms with E-state index in [4.69, 9.17) is 9.47 Å². The van der Waals surface area contributed by atoms with Gasteiger partial charge in [0.2, 0.25) is 11.8 Å². The molecule has 2 aliphatic rings. The summed E-state index contributed by atoms with van der Waals surface area (Å²) in [5.74, 6) is 0.756. The fraction of sp³-hybridized carbons (Fsp3) is 0.333. The molecule has 4 rings (SSSR count). The minimum atomic E-state index is -0.394. The van der Waals surface area contributed by atoms with E-state index in [1.165, 1.54) is 12.1 Å². The number of carbonyl (C=O) groups is 2. The summed E-state index contributed by atoms with van der Waals surface area (Å²) in [5, 5.41) is 2.70. The predicted octanol–water partition coefficient (Wildman–Crippen LogP) is 2.78. The first-order valence-corrected chi connectivity index (χ1v) is 10.7. The molecule has 1 N–H and O–H groups in total. The molecule has 32 heavy (non-hydrogen) atoms. The van der Waals surface area contributed by atoms with Gasteiger partial charge in [-0.25, -0.2) is 4.39 Å². The van der Waals surface area contributed by atoms with Gasteiger partial charge >= 0.3 is 0 Å². The van der Waals surface area contributed by atoms with Gasteiger partial charge in [0.05, 0.1) is 19.8 Å². The molecule has 2 aromatic rings. The Bertz CT molecular complexity index is 1000. The summed E-state index contributed by atoms with van der Waals surface area (Å²) in [4.78, 5) is 28.5. The minimum absolute atomic E-state index is 0.0685. The van der Waals surface area contributed by atoms with E-state index < -0.39 is 5.82 Å². The van der Waals surface area contributed by atoms with Crippen molar-refractivity contribution in [3.63, 3.8) is 0 Å². The molecule has 1 fully saturated rings. The summed E-state index contributed by atoms with van der Waals surface area (Å²) >= 11 is 0. The highest BCUT2D eigenvalue weighted by molar-refractivity contribution is 5.93. The van der Waals surface area contributed by atoms with Crippen molar-refractivity contribution in [2.24, 2.45) is 0 Å². The molecule has 0 radical (unpaired) electrons. The molecule has 2 amide bonds. The number of piperazine rings is 1. The van der Waals surface area contributed by atoms with E-state index in [-0.39, 0.29) is 18.4 Å². The van der Waals surface area contributed by atoms with Crippen molar-refractivity contribution in [3.8, 4) is 11.5 Å². The largest absolute Gasteiger partial charge is 0.490 e. The summed E-state index contributed by atoms with van der Waals surface area (Å²) in [6.45, 7) is 3.73. The lowest BCUT2D eigenvalue weighted by Crippen LogP contribution is -2.50. The van der Waals surface area contributed by atoms with Crippen LogP contribution in [0.25, 0.3) is 6.08 Å². The minimum Gasteiger partial charge on any atom is -0.490 e. The van der Waals surface area contributed by atoms with E-state index in [0.29, 0.717) is 50.8 Å². The van der Waals surface area contributed by atoms with Crippen molar-refractivity contribution >= 4 is 23.6 Å². The molecule has 168 valence electrons. The maximum absolute atomic E-state index is 13.2. The third kappa shape index (κ3) is 5.85. The number of carbonyl (C=O) groups excluding carboxylic acids is 2. The first kappa shape index (κ1) is 21.8. The summed E-state index contributed by atoms with van der Waals surface area (Å²) in [7, 11) is 0. The highest BCUT2D eigenvalue weighted by Gasteiger charge is 2.21. The second-order valence-corrected chi connectivity index (χ2v) is 7.75. The maximum atomic E-state index is 13.2. The van der Waals surface area contributed by atoms with Gasteiger partial charge in [-0.3, -0.25) is 14.5 Å². The van der Waals surface area contributed by atoms with Crippen LogP contribution in [0.3, 0.4) is 0 Å². The van der Waals surface area contributed by atoms with Gasteiger partial charge in [-0.1, -0.05) is 12.1 Å². The Labute approximate surface area is 186 Å². The second-order valence-electron chi connectivity index (χ2n) is 7.75. The number of hydrogen-bond acceptors (Lipinski definition) is 5. The molecule has 1 saturated heterocycles. The van der Waals surface area contributed by atoms with Crippen LogP contribution in [0.5, 0.6) is 11.5 Å². The zero-order valence-electron chi connectivity index (χ0n) is 17.8. The van der Waals surface area contributed by atoms with E-state index in [1.807, 2.05) is 23.1 Å². The lowest BCUT2D eigenvalue weighted by molar-refractivity contribution is -0.127. The highest BCUT2D eigenvalue weighted by Crippen LogP contribution is 2.30. The van der Waals surface area contributed by atoms with Crippen LogP contribution in [0.1, 0.15) is 12.0 Å². The van der Waals surface area contributed by atoms with Crippen LogP contribution in [-0.4, -0.2) is 67.6 Å². The lowest BCUT2D eigenvalue weighted by Gasteiger charge is -2.33. The topological polar surface area (TPSA) is 71.1 Å². The number of halogens is 1. The second kappa shape index (κ2) is 10.3. The SMILES string of the molecule is O=C(CN1CCN(C(=O)C=Cc2ccc3c(c2)OCCCO3)CC1)Nc1cccc(F)c1. The maximum Gasteiger partial charge on any atom is 0.246 e. The van der Waals surface area contributed by atoms with E-state index >= 15 is 0 Å². The third-order valence-electron chi connectivity index (χ3n) is 5.35. The Kier molecular flexibility index (Phi) is 7.01. The fourth-order valence-corrected chi connectivity index (χ4v) is 3.65. The van der Waals surface area contributed by atoms with E-state index in [2.05, 4.69) is 5.32 Å². The molecule has 8 heteroatoms. The molecular weight excluding hydrogens is 413 g/mol. The number of rotatable bonds is 5. The number of hydrogen-bond donors (Lipinski definition) is 1. The number of anilines is 1. The quantitative estimate of drug-likeness (QED) is 0.726. The third-order valence-corrected chi connectivity index (χ3v) is 5.35. The lowest BCUT2D eigenvalue weighted by atomic mass is 10.2. The Hall–Kier alpha value is -3.39. The summed E-state index contributed by atoms with van der Waals surface area (Å²) in [5.41, 5.74) is 1.30. The van der Waals surface area contributed by atoms with Crippen molar-refractivity contribution in [1.82, 2.24) is 9.80 Å². The molecule has 2 aliphatic heterocycles. The molecule has 2 heterocycles. The molecule has 0 bridgehead atoms. The number of amides is 2. The summed E-state index contributed by atoms with van der Waals surface area (Å²) in [6, 6.07) is 11.4. The summed E-state index contributed by atoms with van der Waals surface area (Å²) < 4.78 is 24.6. The van der Waals surface area contributed by atoms with Crippen LogP contribution in [0.2, 0.25) is 0 Å². The van der Waals surface area contributed by atoms with Crippen LogP contribution < -0.4 is 14.8 Å². The Morgan fingerprint density at radius 1 is 1.00 bits per heavy atom. The number of nitrogens with one attached hydrogen (secondary N) is 1. The van der Waals surface area contributed by atoms with Gasteiger partial charge in [-0.2, -0.15) is 0 Å². The number of ether oxygens (including phenoxy) is 2. The molecule has 0 aliphatic carbocycles. The molecule has 0 spiro atoms. The number of benzene rings is 2. The molecule has 0 saturated carbocycles. The first-order valence-electron chi connectivity index (χ1n) is 10.7. The Balaban J connectivity index is 1.24. The molecule has 7 nitrogen and oxygen atoms in total. The van der Waals surface area contributed by atoms with Crippen molar-refractivity contribution in [2.45, 2.75) is 6.42 Å². The van der Waals surface area contributed by atoms with Gasteiger partial charge in [0.15, 0.2) is 11.5 Å². The van der Waals surface area contributed by atoms with Gasteiger partial charge in [0.1, 0.15) is 5.82 Å². The zero-order chi connectivity index (χ0) is 22.3. The van der Waals surface area contributed by atoms with Gasteiger partial charge in [-0.15, -0.1) is 0 Å². The van der Waals surface area contributed by atoms with Gasteiger partial charge in [0.25, 0.3) is 0 Å². The molecule has 0 atom stereocenters. The van der Waals surface area contributed by atoms with Crippen LogP contribution in [0.4, 0.5) is 10.1 Å². The van der Waals surface area contributed by atoms with Gasteiger partial charge < -0.3 is 19.7 Å². The van der Waals surface area contributed by atoms with Crippen molar-refractivity contribution < 1.29 is 23.5 Å². The molecule has 0 unspecified atom stereocenters. The fourth-order valence-electron chi connectivity index (χ4n) is 3.65. The van der Waals surface area contributed by atoms with Crippen LogP contribution in [-0.2, 0) is 9.59 Å². The van der Waals surface area contributed by atoms with Gasteiger partial charge in [-0.05, 0) is 42.0 Å². The average Bonchev–Trinajstić information content (AvgIpc) is 3.03. The van der Waals surface area contributed by atoms with E-state index in [1.54, 1.807) is 29.2 Å². The normalized spacial score (nSPS) is 16.6. The molecular formula is C24H26FN3O4. The van der Waals surface area contributed by atoms with Gasteiger partial charge in [0, 0.05) is 44.4 Å². The van der Waals surface area contributed by atoms with Crippen LogP contribution >= 0.6 is 0 Å². The van der Waals surface area contributed by atoms with Crippen LogP contribution in [0.15, 0.2) is 48.5 Å². The predicted molar refractivity (Wildman–Crippen MR) is 119 cm³/mol. The van der Waals surface area contributed by atoms with Crippen molar-refractivity contribution in [1.29, 1.82) is 0 Å². The first-order chi connectivity index (χ1) is 15.6. The van der Waals surface area contributed by atoms with Crippen molar-refractivity contribution in [2.75, 3.05) is 51.3 Å². The number of fused-ring (bicyclic) bond motifs is 1. The Morgan fingerprint density at radius 3 is 2.56 bits per heavy atom. The van der Waals surface area contributed by atoms with Crippen LogP contribution in [0, 0.1) is 5.82 Å². The summed E-state index contributed by atoms with van der Waals surface area (Å²) in [6.07, 6.45) is 4.18. The zero-order valence-corrected chi connectivity index (χ0v) is 17.8. The monoisotopic (exact) mass is 439 g/mol. The smallest absolute Gasteiger partial charge is 0.246 e.